The Hall–Kier alpha value is -2.28. The number of likely N-dealkylation sites (tertiary alicyclic amines) is 1. The van der Waals surface area contributed by atoms with Crippen LogP contribution in [0.1, 0.15) is 38.5 Å². The molecule has 4 rings (SSSR count). The molecule has 1 saturated carbocycles. The number of nitrogens with one attached hydrogen (secondary N) is 1. The van der Waals surface area contributed by atoms with Crippen LogP contribution in [-0.2, 0) is 4.79 Å². The van der Waals surface area contributed by atoms with Crippen LogP contribution in [0.3, 0.4) is 0 Å². The number of hydrogen-bond acceptors (Lipinski definition) is 5. The van der Waals surface area contributed by atoms with Gasteiger partial charge in [0.1, 0.15) is 6.33 Å². The fraction of sp³-hybridized carbons (Fsp3) is 0.529. The SMILES string of the molecule is O=C(Nc1cccc(-n2cnnn2)c1)[C@@H]1CCCN1C1CCCC1. The molecule has 0 spiro atoms. The summed E-state index contributed by atoms with van der Waals surface area (Å²) in [5.41, 5.74) is 1.61. The van der Waals surface area contributed by atoms with E-state index in [2.05, 4.69) is 25.7 Å². The van der Waals surface area contributed by atoms with E-state index in [9.17, 15) is 4.79 Å². The summed E-state index contributed by atoms with van der Waals surface area (Å²) in [6.45, 7) is 1.05. The molecule has 2 aromatic rings. The summed E-state index contributed by atoms with van der Waals surface area (Å²) >= 11 is 0. The highest BCUT2D eigenvalue weighted by molar-refractivity contribution is 5.95. The quantitative estimate of drug-likeness (QED) is 0.930. The molecule has 1 aliphatic heterocycles. The maximum absolute atomic E-state index is 12.8. The first-order chi connectivity index (χ1) is 11.8. The first-order valence-corrected chi connectivity index (χ1v) is 8.71. The summed E-state index contributed by atoms with van der Waals surface area (Å²) in [6.07, 6.45) is 8.66. The fourth-order valence-electron chi connectivity index (χ4n) is 3.97. The highest BCUT2D eigenvalue weighted by Gasteiger charge is 2.36. The van der Waals surface area contributed by atoms with Crippen molar-refractivity contribution in [2.45, 2.75) is 50.6 Å². The van der Waals surface area contributed by atoms with Crippen LogP contribution in [0, 0.1) is 0 Å². The van der Waals surface area contributed by atoms with Gasteiger partial charge in [-0.05, 0) is 60.9 Å². The van der Waals surface area contributed by atoms with E-state index in [1.165, 1.54) is 25.7 Å². The summed E-state index contributed by atoms with van der Waals surface area (Å²) in [7, 11) is 0. The van der Waals surface area contributed by atoms with Gasteiger partial charge in [0.2, 0.25) is 5.91 Å². The molecule has 7 nitrogen and oxygen atoms in total. The third kappa shape index (κ3) is 3.03. The van der Waals surface area contributed by atoms with Crippen molar-refractivity contribution in [2.75, 3.05) is 11.9 Å². The number of nitrogens with zero attached hydrogens (tertiary/aromatic N) is 5. The number of aromatic nitrogens is 4. The Morgan fingerprint density at radius 2 is 2.04 bits per heavy atom. The molecule has 1 aromatic heterocycles. The minimum atomic E-state index is 0.00444. The number of carbonyl (C=O) groups is 1. The predicted molar refractivity (Wildman–Crippen MR) is 89.8 cm³/mol. The largest absolute Gasteiger partial charge is 0.325 e. The van der Waals surface area contributed by atoms with E-state index in [0.29, 0.717) is 6.04 Å². The topological polar surface area (TPSA) is 75.9 Å². The van der Waals surface area contributed by atoms with E-state index in [1.807, 2.05) is 24.3 Å². The average molecular weight is 326 g/mol. The Balaban J connectivity index is 1.46. The number of benzene rings is 1. The fourth-order valence-corrected chi connectivity index (χ4v) is 3.97. The molecular formula is C17H22N6O. The lowest BCUT2D eigenvalue weighted by molar-refractivity contribution is -0.121. The Morgan fingerprint density at radius 3 is 2.83 bits per heavy atom. The van der Waals surface area contributed by atoms with Crippen molar-refractivity contribution in [2.24, 2.45) is 0 Å². The first-order valence-electron chi connectivity index (χ1n) is 8.71. The Labute approximate surface area is 141 Å². The normalized spacial score (nSPS) is 22.1. The molecule has 2 aliphatic rings. The second-order valence-electron chi connectivity index (χ2n) is 6.63. The molecule has 1 aliphatic carbocycles. The number of anilines is 1. The van der Waals surface area contributed by atoms with Crippen LogP contribution in [0.4, 0.5) is 5.69 Å². The third-order valence-corrected chi connectivity index (χ3v) is 5.12. The lowest BCUT2D eigenvalue weighted by Crippen LogP contribution is -2.44. The van der Waals surface area contributed by atoms with E-state index in [-0.39, 0.29) is 11.9 Å². The number of rotatable bonds is 4. The van der Waals surface area contributed by atoms with Crippen molar-refractivity contribution < 1.29 is 4.79 Å². The van der Waals surface area contributed by atoms with Crippen LogP contribution >= 0.6 is 0 Å². The summed E-state index contributed by atoms with van der Waals surface area (Å²) in [5, 5.41) is 14.2. The molecule has 2 fully saturated rings. The van der Waals surface area contributed by atoms with Gasteiger partial charge >= 0.3 is 0 Å². The van der Waals surface area contributed by atoms with E-state index in [1.54, 1.807) is 11.0 Å². The molecule has 0 radical (unpaired) electrons. The summed E-state index contributed by atoms with van der Waals surface area (Å²) in [6, 6.07) is 8.20. The maximum atomic E-state index is 12.8. The van der Waals surface area contributed by atoms with Crippen molar-refractivity contribution in [1.29, 1.82) is 0 Å². The summed E-state index contributed by atoms with van der Waals surface area (Å²) in [4.78, 5) is 15.2. The third-order valence-electron chi connectivity index (χ3n) is 5.12. The van der Waals surface area contributed by atoms with Gasteiger partial charge in [0.05, 0.1) is 11.7 Å². The van der Waals surface area contributed by atoms with E-state index in [4.69, 9.17) is 0 Å². The average Bonchev–Trinajstić information content (AvgIpc) is 3.35. The van der Waals surface area contributed by atoms with E-state index < -0.39 is 0 Å². The zero-order chi connectivity index (χ0) is 16.4. The van der Waals surface area contributed by atoms with Crippen LogP contribution in [0.25, 0.3) is 5.69 Å². The standard InChI is InChI=1S/C17H22N6O/c24-17(16-9-4-10-22(16)14-6-1-2-7-14)19-13-5-3-8-15(11-13)23-12-18-20-21-23/h3,5,8,11-12,14,16H,1-2,4,6-7,9-10H2,(H,19,24)/t16-/m0/s1. The highest BCUT2D eigenvalue weighted by Crippen LogP contribution is 2.30. The minimum absolute atomic E-state index is 0.00444. The Kier molecular flexibility index (Phi) is 4.25. The van der Waals surface area contributed by atoms with Gasteiger partial charge in [-0.15, -0.1) is 5.10 Å². The van der Waals surface area contributed by atoms with Crippen LogP contribution in [0.5, 0.6) is 0 Å². The lowest BCUT2D eigenvalue weighted by Gasteiger charge is -2.29. The predicted octanol–water partition coefficient (Wildman–Crippen LogP) is 2.01. The van der Waals surface area contributed by atoms with Gasteiger partial charge in [0, 0.05) is 11.7 Å². The minimum Gasteiger partial charge on any atom is -0.325 e. The maximum Gasteiger partial charge on any atom is 0.241 e. The van der Waals surface area contributed by atoms with Crippen molar-refractivity contribution in [1.82, 2.24) is 25.1 Å². The van der Waals surface area contributed by atoms with Crippen LogP contribution < -0.4 is 5.32 Å². The highest BCUT2D eigenvalue weighted by atomic mass is 16.2. The van der Waals surface area contributed by atoms with Gasteiger partial charge in [-0.2, -0.15) is 0 Å². The molecule has 0 unspecified atom stereocenters. The van der Waals surface area contributed by atoms with E-state index >= 15 is 0 Å². The van der Waals surface area contributed by atoms with Crippen LogP contribution in [0.2, 0.25) is 0 Å². The second kappa shape index (κ2) is 6.68. The number of tetrazole rings is 1. The summed E-state index contributed by atoms with van der Waals surface area (Å²) in [5.74, 6) is 0.105. The van der Waals surface area contributed by atoms with Crippen molar-refractivity contribution in [3.8, 4) is 5.69 Å². The molecular weight excluding hydrogens is 304 g/mol. The van der Waals surface area contributed by atoms with Gasteiger partial charge < -0.3 is 5.32 Å². The van der Waals surface area contributed by atoms with Crippen LogP contribution in [-0.4, -0.2) is 49.6 Å². The van der Waals surface area contributed by atoms with Gasteiger partial charge in [0.15, 0.2) is 0 Å². The zero-order valence-corrected chi connectivity index (χ0v) is 13.6. The van der Waals surface area contributed by atoms with Crippen molar-refractivity contribution in [3.63, 3.8) is 0 Å². The van der Waals surface area contributed by atoms with Gasteiger partial charge in [-0.1, -0.05) is 18.9 Å². The number of hydrogen-bond donors (Lipinski definition) is 1. The molecule has 2 heterocycles. The molecule has 1 aromatic carbocycles. The summed E-state index contributed by atoms with van der Waals surface area (Å²) < 4.78 is 1.58. The lowest BCUT2D eigenvalue weighted by atomic mass is 10.1. The Morgan fingerprint density at radius 1 is 1.17 bits per heavy atom. The van der Waals surface area contributed by atoms with Crippen molar-refractivity contribution >= 4 is 11.6 Å². The van der Waals surface area contributed by atoms with Gasteiger partial charge in [0.25, 0.3) is 0 Å². The molecule has 1 atom stereocenters. The van der Waals surface area contributed by atoms with Gasteiger partial charge in [-0.25, -0.2) is 4.68 Å². The van der Waals surface area contributed by atoms with E-state index in [0.717, 1.165) is 30.8 Å². The number of amides is 1. The monoisotopic (exact) mass is 326 g/mol. The van der Waals surface area contributed by atoms with Gasteiger partial charge in [-0.3, -0.25) is 9.69 Å². The molecule has 126 valence electrons. The van der Waals surface area contributed by atoms with Crippen LogP contribution in [0.15, 0.2) is 30.6 Å². The molecule has 1 amide bonds. The second-order valence-corrected chi connectivity index (χ2v) is 6.63. The number of carbonyl (C=O) groups excluding carboxylic acids is 1. The Bertz CT molecular complexity index is 695. The molecule has 7 heteroatoms. The molecule has 24 heavy (non-hydrogen) atoms. The molecule has 1 N–H and O–H groups in total. The molecule has 0 bridgehead atoms. The zero-order valence-electron chi connectivity index (χ0n) is 13.6. The molecule has 1 saturated heterocycles. The first kappa shape index (κ1) is 15.3. The smallest absolute Gasteiger partial charge is 0.241 e. The van der Waals surface area contributed by atoms with Crippen molar-refractivity contribution in [3.05, 3.63) is 30.6 Å².